The Morgan fingerprint density at radius 1 is 0.955 bits per heavy atom. The van der Waals surface area contributed by atoms with Gasteiger partial charge in [0.25, 0.3) is 0 Å². The van der Waals surface area contributed by atoms with E-state index in [4.69, 9.17) is 0 Å². The van der Waals surface area contributed by atoms with E-state index in [0.29, 0.717) is 0 Å². The minimum absolute atomic E-state index is 0.823. The molecule has 0 atom stereocenters. The Hall–Kier alpha value is -1.06. The molecule has 0 aromatic heterocycles. The van der Waals surface area contributed by atoms with E-state index in [2.05, 4.69) is 53.7 Å². The van der Waals surface area contributed by atoms with Gasteiger partial charge in [0.05, 0.1) is 0 Å². The van der Waals surface area contributed by atoms with Gasteiger partial charge in [-0.05, 0) is 63.5 Å². The van der Waals surface area contributed by atoms with E-state index in [1.54, 1.807) is 0 Å². The van der Waals surface area contributed by atoms with Gasteiger partial charge < -0.3 is 9.80 Å². The maximum atomic E-state index is 2.74. The molecule has 0 spiro atoms. The molecule has 2 aliphatic heterocycles. The van der Waals surface area contributed by atoms with Gasteiger partial charge in [0.1, 0.15) is 0 Å². The van der Waals surface area contributed by atoms with Crippen molar-refractivity contribution in [1.29, 1.82) is 0 Å². The van der Waals surface area contributed by atoms with Crippen LogP contribution >= 0.6 is 0 Å². The molecule has 2 aliphatic rings. The lowest BCUT2D eigenvalue weighted by Gasteiger charge is -2.43. The molecule has 22 heavy (non-hydrogen) atoms. The fourth-order valence-corrected chi connectivity index (χ4v) is 3.99. The molecule has 3 rings (SSSR count). The predicted octanol–water partition coefficient (Wildman–Crippen LogP) is 2.91. The van der Waals surface area contributed by atoms with Crippen molar-refractivity contribution in [2.24, 2.45) is 0 Å². The third-order valence-electron chi connectivity index (χ3n) is 5.54. The number of anilines is 1. The highest BCUT2D eigenvalue weighted by atomic mass is 15.3. The zero-order valence-corrected chi connectivity index (χ0v) is 14.5. The van der Waals surface area contributed by atoms with E-state index in [-0.39, 0.29) is 0 Å². The number of hydrogen-bond donors (Lipinski definition) is 0. The number of likely N-dealkylation sites (tertiary alicyclic amines) is 1. The van der Waals surface area contributed by atoms with E-state index >= 15 is 0 Å². The molecule has 0 aliphatic carbocycles. The fraction of sp³-hybridized carbons (Fsp3) is 0.684. The minimum Gasteiger partial charge on any atom is -0.369 e. The van der Waals surface area contributed by atoms with Gasteiger partial charge in [-0.25, -0.2) is 0 Å². The Balaban J connectivity index is 1.55. The van der Waals surface area contributed by atoms with Crippen molar-refractivity contribution in [3.05, 3.63) is 29.3 Å². The van der Waals surface area contributed by atoms with E-state index < -0.39 is 0 Å². The average Bonchev–Trinajstić information content (AvgIpc) is 2.57. The van der Waals surface area contributed by atoms with Crippen molar-refractivity contribution in [2.75, 3.05) is 50.7 Å². The van der Waals surface area contributed by atoms with Gasteiger partial charge in [-0.1, -0.05) is 19.1 Å². The van der Waals surface area contributed by atoms with Gasteiger partial charge in [0.15, 0.2) is 0 Å². The lowest BCUT2D eigenvalue weighted by molar-refractivity contribution is 0.106. The van der Waals surface area contributed by atoms with Crippen LogP contribution in [-0.4, -0.2) is 61.7 Å². The molecule has 3 heteroatoms. The summed E-state index contributed by atoms with van der Waals surface area (Å²) in [5.41, 5.74) is 4.23. The van der Waals surface area contributed by atoms with Crippen molar-refractivity contribution in [2.45, 2.75) is 39.7 Å². The van der Waals surface area contributed by atoms with Crippen molar-refractivity contribution in [3.63, 3.8) is 0 Å². The lowest BCUT2D eigenvalue weighted by atomic mass is 10.0. The number of benzene rings is 1. The van der Waals surface area contributed by atoms with Gasteiger partial charge in [0, 0.05) is 37.9 Å². The predicted molar refractivity (Wildman–Crippen MR) is 94.8 cm³/mol. The number of hydrogen-bond acceptors (Lipinski definition) is 3. The fourth-order valence-electron chi connectivity index (χ4n) is 3.99. The van der Waals surface area contributed by atoms with Crippen LogP contribution in [0.4, 0.5) is 5.69 Å². The second-order valence-electron chi connectivity index (χ2n) is 6.98. The topological polar surface area (TPSA) is 9.72 Å². The highest BCUT2D eigenvalue weighted by Crippen LogP contribution is 2.24. The zero-order valence-electron chi connectivity index (χ0n) is 14.5. The van der Waals surface area contributed by atoms with Crippen LogP contribution in [0.1, 0.15) is 30.9 Å². The molecular formula is C19H31N3. The van der Waals surface area contributed by atoms with E-state index in [9.17, 15) is 0 Å². The molecule has 0 unspecified atom stereocenters. The largest absolute Gasteiger partial charge is 0.369 e. The second-order valence-corrected chi connectivity index (χ2v) is 6.98. The first-order chi connectivity index (χ1) is 10.7. The summed E-state index contributed by atoms with van der Waals surface area (Å²) < 4.78 is 0. The standard InChI is InChI=1S/C19H31N3/c1-4-20-9-7-18(8-10-20)21-11-13-22(14-12-21)19-15-16(2)5-6-17(19)3/h5-6,15,18H,4,7-14H2,1-3H3. The molecule has 3 nitrogen and oxygen atoms in total. The molecule has 1 aromatic rings. The Kier molecular flexibility index (Phi) is 5.04. The quantitative estimate of drug-likeness (QED) is 0.850. The number of rotatable bonds is 3. The molecule has 0 bridgehead atoms. The first kappa shape index (κ1) is 15.8. The highest BCUT2D eigenvalue weighted by Gasteiger charge is 2.27. The summed E-state index contributed by atoms with van der Waals surface area (Å²) in [6.07, 6.45) is 2.72. The van der Waals surface area contributed by atoms with Crippen molar-refractivity contribution >= 4 is 5.69 Å². The van der Waals surface area contributed by atoms with Gasteiger partial charge >= 0.3 is 0 Å². The summed E-state index contributed by atoms with van der Waals surface area (Å²) in [4.78, 5) is 7.91. The first-order valence-electron chi connectivity index (χ1n) is 8.96. The van der Waals surface area contributed by atoms with Crippen LogP contribution in [0.25, 0.3) is 0 Å². The molecule has 2 fully saturated rings. The van der Waals surface area contributed by atoms with Crippen molar-refractivity contribution in [1.82, 2.24) is 9.80 Å². The molecule has 0 radical (unpaired) electrons. The number of nitrogens with zero attached hydrogens (tertiary/aromatic N) is 3. The Labute approximate surface area is 135 Å². The molecule has 0 saturated carbocycles. The van der Waals surface area contributed by atoms with Crippen LogP contribution in [0.3, 0.4) is 0 Å². The summed E-state index contributed by atoms with van der Waals surface area (Å²) in [6, 6.07) is 7.65. The maximum Gasteiger partial charge on any atom is 0.0399 e. The SMILES string of the molecule is CCN1CCC(N2CCN(c3cc(C)ccc3C)CC2)CC1. The summed E-state index contributed by atoms with van der Waals surface area (Å²) in [5, 5.41) is 0. The van der Waals surface area contributed by atoms with Crippen LogP contribution in [0.2, 0.25) is 0 Å². The van der Waals surface area contributed by atoms with Crippen LogP contribution in [-0.2, 0) is 0 Å². The monoisotopic (exact) mass is 301 g/mol. The lowest BCUT2D eigenvalue weighted by Crippen LogP contribution is -2.53. The molecule has 0 N–H and O–H groups in total. The Morgan fingerprint density at radius 3 is 2.27 bits per heavy atom. The van der Waals surface area contributed by atoms with Crippen LogP contribution in [0, 0.1) is 13.8 Å². The molecular weight excluding hydrogens is 270 g/mol. The molecule has 1 aromatic carbocycles. The average molecular weight is 301 g/mol. The van der Waals surface area contributed by atoms with Crippen LogP contribution in [0.5, 0.6) is 0 Å². The zero-order chi connectivity index (χ0) is 15.5. The van der Waals surface area contributed by atoms with Crippen molar-refractivity contribution < 1.29 is 0 Å². The third kappa shape index (κ3) is 3.47. The van der Waals surface area contributed by atoms with Gasteiger partial charge in [-0.3, -0.25) is 4.90 Å². The Morgan fingerprint density at radius 2 is 1.64 bits per heavy atom. The van der Waals surface area contributed by atoms with Crippen LogP contribution < -0.4 is 4.90 Å². The smallest absolute Gasteiger partial charge is 0.0399 e. The molecule has 2 heterocycles. The molecule has 122 valence electrons. The first-order valence-corrected chi connectivity index (χ1v) is 8.96. The maximum absolute atomic E-state index is 2.74. The van der Waals surface area contributed by atoms with E-state index in [0.717, 1.165) is 6.04 Å². The summed E-state index contributed by atoms with van der Waals surface area (Å²) in [7, 11) is 0. The minimum atomic E-state index is 0.823. The van der Waals surface area contributed by atoms with Gasteiger partial charge in [0.2, 0.25) is 0 Å². The number of aryl methyl sites for hydroxylation is 2. The van der Waals surface area contributed by atoms with E-state index in [1.165, 1.54) is 75.5 Å². The molecule has 0 amide bonds. The normalized spacial score (nSPS) is 22.2. The van der Waals surface area contributed by atoms with Gasteiger partial charge in [-0.2, -0.15) is 0 Å². The van der Waals surface area contributed by atoms with E-state index in [1.807, 2.05) is 0 Å². The highest BCUT2D eigenvalue weighted by molar-refractivity contribution is 5.55. The third-order valence-corrected chi connectivity index (χ3v) is 5.54. The van der Waals surface area contributed by atoms with Crippen LogP contribution in [0.15, 0.2) is 18.2 Å². The molecule has 2 saturated heterocycles. The number of piperidine rings is 1. The summed E-state index contributed by atoms with van der Waals surface area (Å²) in [5.74, 6) is 0. The summed E-state index contributed by atoms with van der Waals surface area (Å²) >= 11 is 0. The summed E-state index contributed by atoms with van der Waals surface area (Å²) in [6.45, 7) is 15.3. The van der Waals surface area contributed by atoms with Crippen molar-refractivity contribution in [3.8, 4) is 0 Å². The number of piperazine rings is 1. The van der Waals surface area contributed by atoms with Gasteiger partial charge in [-0.15, -0.1) is 0 Å². The Bertz CT molecular complexity index is 483. The second kappa shape index (κ2) is 7.01.